The normalized spacial score (nSPS) is 16.3. The molecule has 9 heteroatoms. The number of thiazole rings is 1. The summed E-state index contributed by atoms with van der Waals surface area (Å²) in [4.78, 5) is 13.3. The van der Waals surface area contributed by atoms with Crippen LogP contribution >= 0.6 is 46.9 Å². The van der Waals surface area contributed by atoms with Crippen molar-refractivity contribution in [2.24, 2.45) is 10.7 Å². The van der Waals surface area contributed by atoms with Crippen molar-refractivity contribution in [3.63, 3.8) is 0 Å². The van der Waals surface area contributed by atoms with E-state index >= 15 is 0 Å². The second kappa shape index (κ2) is 10.3. The van der Waals surface area contributed by atoms with Crippen LogP contribution in [0.2, 0.25) is 5.02 Å². The first-order valence-corrected chi connectivity index (χ1v) is 9.41. The fourth-order valence-corrected chi connectivity index (χ4v) is 3.77. The van der Waals surface area contributed by atoms with Gasteiger partial charge in [-0.2, -0.15) is 0 Å². The molecule has 0 aliphatic carbocycles. The standard InChI is InChI=1S/C17H22ClN5OS.HI/c1-24-15(13-4-2-3-5-14(13)18)12-21-16(19)22-7-9-23(10-8-22)17-20-6-11-25-17;/h2-6,11,15H,7-10,12H2,1H3,(H2,19,21);1H. The molecule has 0 saturated carbocycles. The molecule has 0 radical (unpaired) electrons. The van der Waals surface area contributed by atoms with Gasteiger partial charge in [0.1, 0.15) is 6.10 Å². The number of benzene rings is 1. The van der Waals surface area contributed by atoms with E-state index in [-0.39, 0.29) is 30.1 Å². The molecule has 2 aromatic rings. The van der Waals surface area contributed by atoms with Crippen LogP contribution in [-0.2, 0) is 4.74 Å². The minimum absolute atomic E-state index is 0. The van der Waals surface area contributed by atoms with Crippen molar-refractivity contribution in [2.75, 3.05) is 44.7 Å². The lowest BCUT2D eigenvalue weighted by atomic mass is 10.1. The molecular formula is C17H23ClIN5OS. The van der Waals surface area contributed by atoms with Crippen LogP contribution in [0.15, 0.2) is 40.8 Å². The Bertz CT molecular complexity index is 707. The van der Waals surface area contributed by atoms with E-state index < -0.39 is 0 Å². The van der Waals surface area contributed by atoms with Gasteiger partial charge in [-0.1, -0.05) is 29.8 Å². The third-order valence-electron chi connectivity index (χ3n) is 4.25. The molecule has 1 aromatic heterocycles. The molecule has 1 aliphatic rings. The number of methoxy groups -OCH3 is 1. The summed E-state index contributed by atoms with van der Waals surface area (Å²) < 4.78 is 5.54. The fourth-order valence-electron chi connectivity index (χ4n) is 2.81. The molecule has 1 unspecified atom stereocenters. The molecule has 6 nitrogen and oxygen atoms in total. The Hall–Kier alpha value is -1.10. The minimum Gasteiger partial charge on any atom is -0.375 e. The monoisotopic (exact) mass is 507 g/mol. The first-order chi connectivity index (χ1) is 12.2. The Balaban J connectivity index is 0.00000243. The Morgan fingerprint density at radius 1 is 1.35 bits per heavy atom. The summed E-state index contributed by atoms with van der Waals surface area (Å²) >= 11 is 7.91. The Kier molecular flexibility index (Phi) is 8.39. The van der Waals surface area contributed by atoms with Gasteiger partial charge in [-0.3, -0.25) is 4.99 Å². The number of piperazine rings is 1. The maximum absolute atomic E-state index is 6.25. The number of aromatic nitrogens is 1. The van der Waals surface area contributed by atoms with E-state index in [0.29, 0.717) is 17.5 Å². The first kappa shape index (κ1) is 21.2. The average Bonchev–Trinajstić information content (AvgIpc) is 3.18. The molecule has 1 saturated heterocycles. The molecule has 142 valence electrons. The summed E-state index contributed by atoms with van der Waals surface area (Å²) in [6.07, 6.45) is 1.63. The molecule has 1 fully saturated rings. The van der Waals surface area contributed by atoms with Crippen molar-refractivity contribution >= 4 is 58.0 Å². The van der Waals surface area contributed by atoms with Crippen LogP contribution in [0.4, 0.5) is 5.13 Å². The fraction of sp³-hybridized carbons (Fsp3) is 0.412. The number of anilines is 1. The lowest BCUT2D eigenvalue weighted by Crippen LogP contribution is -2.51. The molecule has 1 aromatic carbocycles. The predicted octanol–water partition coefficient (Wildman–Crippen LogP) is 3.24. The molecule has 1 atom stereocenters. The van der Waals surface area contributed by atoms with E-state index in [2.05, 4.69) is 19.8 Å². The van der Waals surface area contributed by atoms with E-state index in [0.717, 1.165) is 36.9 Å². The summed E-state index contributed by atoms with van der Waals surface area (Å²) in [5, 5.41) is 3.74. The van der Waals surface area contributed by atoms with Gasteiger partial charge in [-0.25, -0.2) is 4.98 Å². The van der Waals surface area contributed by atoms with Crippen LogP contribution in [0.5, 0.6) is 0 Å². The molecule has 3 rings (SSSR count). The quantitative estimate of drug-likeness (QED) is 0.382. The molecular weight excluding hydrogens is 485 g/mol. The highest BCUT2D eigenvalue weighted by Gasteiger charge is 2.20. The molecule has 0 bridgehead atoms. The van der Waals surface area contributed by atoms with Crippen molar-refractivity contribution in [3.05, 3.63) is 46.4 Å². The highest BCUT2D eigenvalue weighted by Crippen LogP contribution is 2.25. The number of hydrogen-bond acceptors (Lipinski definition) is 5. The van der Waals surface area contributed by atoms with E-state index in [9.17, 15) is 0 Å². The second-order valence-electron chi connectivity index (χ2n) is 5.73. The average molecular weight is 508 g/mol. The first-order valence-electron chi connectivity index (χ1n) is 8.15. The number of hydrogen-bond donors (Lipinski definition) is 1. The van der Waals surface area contributed by atoms with Crippen LogP contribution < -0.4 is 10.6 Å². The number of ether oxygens (including phenoxy) is 1. The lowest BCUT2D eigenvalue weighted by molar-refractivity contribution is 0.110. The SMILES string of the molecule is COC(CN=C(N)N1CCN(c2nccs2)CC1)c1ccccc1Cl.I. The van der Waals surface area contributed by atoms with E-state index in [1.807, 2.05) is 35.8 Å². The Morgan fingerprint density at radius 2 is 2.08 bits per heavy atom. The van der Waals surface area contributed by atoms with Crippen LogP contribution in [-0.4, -0.2) is 55.7 Å². The van der Waals surface area contributed by atoms with Crippen LogP contribution in [0, 0.1) is 0 Å². The number of rotatable bonds is 5. The molecule has 2 N–H and O–H groups in total. The predicted molar refractivity (Wildman–Crippen MR) is 119 cm³/mol. The van der Waals surface area contributed by atoms with Gasteiger partial charge in [0.25, 0.3) is 0 Å². The van der Waals surface area contributed by atoms with Gasteiger partial charge in [-0.05, 0) is 6.07 Å². The third-order valence-corrected chi connectivity index (χ3v) is 5.43. The molecule has 2 heterocycles. The van der Waals surface area contributed by atoms with Gasteiger partial charge >= 0.3 is 0 Å². The molecule has 1 aliphatic heterocycles. The summed E-state index contributed by atoms with van der Waals surface area (Å²) in [5.74, 6) is 0.549. The third kappa shape index (κ3) is 5.21. The smallest absolute Gasteiger partial charge is 0.191 e. The molecule has 0 amide bonds. The summed E-state index contributed by atoms with van der Waals surface area (Å²) in [6, 6.07) is 7.65. The molecule has 26 heavy (non-hydrogen) atoms. The number of guanidine groups is 1. The largest absolute Gasteiger partial charge is 0.375 e. The van der Waals surface area contributed by atoms with Crippen molar-refractivity contribution < 1.29 is 4.74 Å². The highest BCUT2D eigenvalue weighted by atomic mass is 127. The summed E-state index contributed by atoms with van der Waals surface area (Å²) in [6.45, 7) is 3.89. The number of halogens is 2. The molecule has 0 spiro atoms. The maximum Gasteiger partial charge on any atom is 0.191 e. The zero-order chi connectivity index (χ0) is 17.6. The van der Waals surface area contributed by atoms with Gasteiger partial charge < -0.3 is 20.3 Å². The summed E-state index contributed by atoms with van der Waals surface area (Å²) in [5.41, 5.74) is 7.12. The number of nitrogens with zero attached hydrogens (tertiary/aromatic N) is 4. The second-order valence-corrected chi connectivity index (χ2v) is 7.01. The highest BCUT2D eigenvalue weighted by molar-refractivity contribution is 14.0. The van der Waals surface area contributed by atoms with Crippen LogP contribution in [0.3, 0.4) is 0 Å². The maximum atomic E-state index is 6.25. The Labute approximate surface area is 180 Å². The van der Waals surface area contributed by atoms with Gasteiger partial charge in [0.2, 0.25) is 0 Å². The van der Waals surface area contributed by atoms with Gasteiger partial charge in [-0.15, -0.1) is 35.3 Å². The number of nitrogens with two attached hydrogens (primary N) is 1. The minimum atomic E-state index is -0.205. The van der Waals surface area contributed by atoms with Crippen molar-refractivity contribution in [2.45, 2.75) is 6.10 Å². The number of aliphatic imine (C=N–C) groups is 1. The van der Waals surface area contributed by atoms with E-state index in [1.165, 1.54) is 0 Å². The Morgan fingerprint density at radius 3 is 2.69 bits per heavy atom. The van der Waals surface area contributed by atoms with Gasteiger partial charge in [0.05, 0.1) is 6.54 Å². The van der Waals surface area contributed by atoms with Gasteiger partial charge in [0, 0.05) is 55.5 Å². The lowest BCUT2D eigenvalue weighted by Gasteiger charge is -2.35. The topological polar surface area (TPSA) is 67.0 Å². The van der Waals surface area contributed by atoms with Crippen molar-refractivity contribution in [3.8, 4) is 0 Å². The van der Waals surface area contributed by atoms with E-state index in [4.69, 9.17) is 22.1 Å². The van der Waals surface area contributed by atoms with Crippen molar-refractivity contribution in [1.82, 2.24) is 9.88 Å². The van der Waals surface area contributed by atoms with Crippen molar-refractivity contribution in [1.29, 1.82) is 0 Å². The van der Waals surface area contributed by atoms with Crippen LogP contribution in [0.1, 0.15) is 11.7 Å². The van der Waals surface area contributed by atoms with Gasteiger partial charge in [0.15, 0.2) is 11.1 Å². The zero-order valence-corrected chi connectivity index (χ0v) is 18.4. The summed E-state index contributed by atoms with van der Waals surface area (Å²) in [7, 11) is 1.66. The van der Waals surface area contributed by atoms with E-state index in [1.54, 1.807) is 18.4 Å². The van der Waals surface area contributed by atoms with Crippen LogP contribution in [0.25, 0.3) is 0 Å². The zero-order valence-electron chi connectivity index (χ0n) is 14.5.